The summed E-state index contributed by atoms with van der Waals surface area (Å²) in [4.78, 5) is 23.1. The number of alkyl carbamates (subject to hydrolysis) is 1. The van der Waals surface area contributed by atoms with Gasteiger partial charge in [-0.2, -0.15) is 0 Å². The van der Waals surface area contributed by atoms with Crippen LogP contribution in [0.15, 0.2) is 0 Å². The number of rotatable bonds is 5. The lowest BCUT2D eigenvalue weighted by Crippen LogP contribution is -2.50. The lowest BCUT2D eigenvalue weighted by atomic mass is 10.1. The van der Waals surface area contributed by atoms with Crippen LogP contribution < -0.4 is 16.2 Å². The number of hydrogen-bond acceptors (Lipinski definition) is 4. The Morgan fingerprint density at radius 2 is 1.88 bits per heavy atom. The molecule has 0 spiro atoms. The Hall–Kier alpha value is -1.30. The van der Waals surface area contributed by atoms with Gasteiger partial charge in [0.25, 0.3) is 5.91 Å². The standard InChI is InChI=1S/C11H23N3O3/c1-6-7-8(9(15)14-12-5)13-10(16)17-11(2,3)4/h8,12H,6-7H2,1-5H3,(H,13,16)(H,14,15). The Labute approximate surface area is 102 Å². The summed E-state index contributed by atoms with van der Waals surface area (Å²) in [6.45, 7) is 7.26. The van der Waals surface area contributed by atoms with E-state index in [1.807, 2.05) is 6.92 Å². The summed E-state index contributed by atoms with van der Waals surface area (Å²) in [5, 5.41) is 2.55. The van der Waals surface area contributed by atoms with Crippen LogP contribution in [0, 0.1) is 0 Å². The Kier molecular flexibility index (Phi) is 6.57. The van der Waals surface area contributed by atoms with Crippen LogP contribution in [0.25, 0.3) is 0 Å². The van der Waals surface area contributed by atoms with Crippen molar-refractivity contribution < 1.29 is 14.3 Å². The molecule has 0 aromatic rings. The molecule has 0 aliphatic heterocycles. The molecule has 3 N–H and O–H groups in total. The fourth-order valence-electron chi connectivity index (χ4n) is 1.22. The molecule has 0 bridgehead atoms. The number of ether oxygens (including phenoxy) is 1. The van der Waals surface area contributed by atoms with Gasteiger partial charge in [-0.05, 0) is 27.2 Å². The molecule has 0 aliphatic rings. The van der Waals surface area contributed by atoms with E-state index in [0.29, 0.717) is 6.42 Å². The van der Waals surface area contributed by atoms with Crippen LogP contribution in [-0.4, -0.2) is 30.7 Å². The van der Waals surface area contributed by atoms with E-state index in [1.165, 1.54) is 0 Å². The fourth-order valence-corrected chi connectivity index (χ4v) is 1.22. The maximum Gasteiger partial charge on any atom is 0.408 e. The molecule has 2 amide bonds. The first-order valence-corrected chi connectivity index (χ1v) is 5.76. The van der Waals surface area contributed by atoms with Gasteiger partial charge < -0.3 is 10.1 Å². The van der Waals surface area contributed by atoms with Crippen molar-refractivity contribution in [1.29, 1.82) is 0 Å². The molecule has 1 unspecified atom stereocenters. The molecule has 0 saturated heterocycles. The molecule has 0 aliphatic carbocycles. The zero-order valence-corrected chi connectivity index (χ0v) is 11.2. The lowest BCUT2D eigenvalue weighted by molar-refractivity contribution is -0.124. The molecule has 6 nitrogen and oxygen atoms in total. The quantitative estimate of drug-likeness (QED) is 0.630. The highest BCUT2D eigenvalue weighted by molar-refractivity contribution is 5.85. The number of carbonyl (C=O) groups excluding carboxylic acids is 2. The van der Waals surface area contributed by atoms with Gasteiger partial charge in [0.2, 0.25) is 0 Å². The third-order valence-corrected chi connectivity index (χ3v) is 1.83. The topological polar surface area (TPSA) is 79.5 Å². The number of nitrogens with one attached hydrogen (secondary N) is 3. The summed E-state index contributed by atoms with van der Waals surface area (Å²) >= 11 is 0. The first kappa shape index (κ1) is 15.7. The lowest BCUT2D eigenvalue weighted by Gasteiger charge is -2.23. The maximum absolute atomic E-state index is 11.6. The average molecular weight is 245 g/mol. The molecule has 0 saturated carbocycles. The summed E-state index contributed by atoms with van der Waals surface area (Å²) in [5.41, 5.74) is 4.41. The molecule has 0 aromatic heterocycles. The van der Waals surface area contributed by atoms with E-state index < -0.39 is 17.7 Å². The van der Waals surface area contributed by atoms with Crippen molar-refractivity contribution in [3.63, 3.8) is 0 Å². The largest absolute Gasteiger partial charge is 0.444 e. The van der Waals surface area contributed by atoms with E-state index in [2.05, 4.69) is 16.2 Å². The summed E-state index contributed by atoms with van der Waals surface area (Å²) in [6, 6.07) is -0.581. The number of amides is 2. The second-order valence-electron chi connectivity index (χ2n) is 4.73. The van der Waals surface area contributed by atoms with Crippen LogP contribution in [0.1, 0.15) is 40.5 Å². The van der Waals surface area contributed by atoms with E-state index in [0.717, 1.165) is 6.42 Å². The van der Waals surface area contributed by atoms with Crippen molar-refractivity contribution in [1.82, 2.24) is 16.2 Å². The average Bonchev–Trinajstić information content (AvgIpc) is 2.14. The van der Waals surface area contributed by atoms with Gasteiger partial charge in [-0.1, -0.05) is 13.3 Å². The molecule has 0 rings (SSSR count). The highest BCUT2D eigenvalue weighted by atomic mass is 16.6. The summed E-state index contributed by atoms with van der Waals surface area (Å²) in [5.74, 6) is -0.278. The van der Waals surface area contributed by atoms with Gasteiger partial charge in [-0.3, -0.25) is 10.2 Å². The van der Waals surface area contributed by atoms with Crippen molar-refractivity contribution in [2.75, 3.05) is 7.05 Å². The summed E-state index contributed by atoms with van der Waals surface area (Å²) in [7, 11) is 1.59. The highest BCUT2D eigenvalue weighted by Crippen LogP contribution is 2.07. The monoisotopic (exact) mass is 245 g/mol. The van der Waals surface area contributed by atoms with Crippen molar-refractivity contribution in [3.05, 3.63) is 0 Å². The SMILES string of the molecule is CCCC(NC(=O)OC(C)(C)C)C(=O)NNC. The van der Waals surface area contributed by atoms with Gasteiger partial charge in [-0.25, -0.2) is 10.2 Å². The fraction of sp³-hybridized carbons (Fsp3) is 0.818. The minimum absolute atomic E-state index is 0.278. The van der Waals surface area contributed by atoms with Crippen molar-refractivity contribution in [3.8, 4) is 0 Å². The first-order chi connectivity index (χ1) is 7.80. The second-order valence-corrected chi connectivity index (χ2v) is 4.73. The van der Waals surface area contributed by atoms with Gasteiger partial charge in [0, 0.05) is 7.05 Å². The third kappa shape index (κ3) is 7.57. The molecule has 0 aromatic carbocycles. The van der Waals surface area contributed by atoms with Gasteiger partial charge in [0.15, 0.2) is 0 Å². The predicted molar refractivity (Wildman–Crippen MR) is 65.3 cm³/mol. The van der Waals surface area contributed by atoms with Crippen LogP contribution in [-0.2, 0) is 9.53 Å². The number of hydrazine groups is 1. The Balaban J connectivity index is 4.34. The zero-order valence-electron chi connectivity index (χ0n) is 11.2. The predicted octanol–water partition coefficient (Wildman–Crippen LogP) is 0.930. The molecule has 1 atom stereocenters. The summed E-state index contributed by atoms with van der Waals surface area (Å²) < 4.78 is 5.09. The van der Waals surface area contributed by atoms with Crippen LogP contribution in [0.3, 0.4) is 0 Å². The smallest absolute Gasteiger partial charge is 0.408 e. The normalized spacial score (nSPS) is 12.8. The molecule has 0 heterocycles. The highest BCUT2D eigenvalue weighted by Gasteiger charge is 2.23. The molecule has 0 radical (unpaired) electrons. The number of hydrogen-bond donors (Lipinski definition) is 3. The molecule has 0 fully saturated rings. The van der Waals surface area contributed by atoms with E-state index in [4.69, 9.17) is 4.74 Å². The van der Waals surface area contributed by atoms with Gasteiger partial charge in [0.1, 0.15) is 11.6 Å². The Morgan fingerprint density at radius 3 is 2.29 bits per heavy atom. The van der Waals surface area contributed by atoms with Crippen molar-refractivity contribution >= 4 is 12.0 Å². The van der Waals surface area contributed by atoms with E-state index in [1.54, 1.807) is 27.8 Å². The molecule has 17 heavy (non-hydrogen) atoms. The van der Waals surface area contributed by atoms with Crippen molar-refractivity contribution in [2.24, 2.45) is 0 Å². The van der Waals surface area contributed by atoms with Crippen LogP contribution in [0.2, 0.25) is 0 Å². The van der Waals surface area contributed by atoms with Gasteiger partial charge in [-0.15, -0.1) is 0 Å². The zero-order chi connectivity index (χ0) is 13.5. The van der Waals surface area contributed by atoms with Crippen molar-refractivity contribution in [2.45, 2.75) is 52.2 Å². The first-order valence-electron chi connectivity index (χ1n) is 5.76. The van der Waals surface area contributed by atoms with Gasteiger partial charge in [0.05, 0.1) is 0 Å². The number of carbonyl (C=O) groups is 2. The molecular formula is C11H23N3O3. The Morgan fingerprint density at radius 1 is 1.29 bits per heavy atom. The summed E-state index contributed by atoms with van der Waals surface area (Å²) in [6.07, 6.45) is 0.770. The molecule has 100 valence electrons. The molecular weight excluding hydrogens is 222 g/mol. The van der Waals surface area contributed by atoms with E-state index >= 15 is 0 Å². The van der Waals surface area contributed by atoms with Crippen LogP contribution in [0.5, 0.6) is 0 Å². The van der Waals surface area contributed by atoms with E-state index in [9.17, 15) is 9.59 Å². The Bertz CT molecular complexity index is 261. The van der Waals surface area contributed by atoms with E-state index in [-0.39, 0.29) is 5.91 Å². The minimum Gasteiger partial charge on any atom is -0.444 e. The van der Waals surface area contributed by atoms with Gasteiger partial charge >= 0.3 is 6.09 Å². The molecule has 6 heteroatoms. The maximum atomic E-state index is 11.6. The van der Waals surface area contributed by atoms with Crippen LogP contribution in [0.4, 0.5) is 4.79 Å². The third-order valence-electron chi connectivity index (χ3n) is 1.83. The second kappa shape index (κ2) is 7.11. The minimum atomic E-state index is -0.581. The van der Waals surface area contributed by atoms with Crippen LogP contribution >= 0.6 is 0 Å².